The fourth-order valence-corrected chi connectivity index (χ4v) is 2.91. The van der Waals surface area contributed by atoms with Gasteiger partial charge < -0.3 is 10.2 Å². The first-order valence-electron chi connectivity index (χ1n) is 7.88. The highest BCUT2D eigenvalue weighted by atomic mass is 79.9. The van der Waals surface area contributed by atoms with Gasteiger partial charge in [-0.3, -0.25) is 4.79 Å². The van der Waals surface area contributed by atoms with Gasteiger partial charge >= 0.3 is 0 Å². The van der Waals surface area contributed by atoms with Gasteiger partial charge in [-0.15, -0.1) is 10.2 Å². The minimum Gasteiger partial charge on any atom is -0.355 e. The van der Waals surface area contributed by atoms with Crippen molar-refractivity contribution < 1.29 is 4.79 Å². The molecule has 1 aliphatic heterocycles. The molecule has 0 bridgehead atoms. The number of hydrogen-bond donors (Lipinski definition) is 1. The third-order valence-corrected chi connectivity index (χ3v) is 4.44. The fraction of sp³-hybridized carbons (Fsp3) is 0.353. The summed E-state index contributed by atoms with van der Waals surface area (Å²) in [7, 11) is 0. The number of carbonyl (C=O) groups excluding carboxylic acids is 1. The third-order valence-electron chi connectivity index (χ3n) is 3.92. The van der Waals surface area contributed by atoms with Gasteiger partial charge in [0.2, 0.25) is 0 Å². The zero-order chi connectivity index (χ0) is 16.1. The molecule has 5 nitrogen and oxygen atoms in total. The third kappa shape index (κ3) is 4.28. The number of hydrogen-bond acceptors (Lipinski definition) is 4. The Morgan fingerprint density at radius 2 is 1.65 bits per heavy atom. The smallest absolute Gasteiger partial charge is 0.276 e. The summed E-state index contributed by atoms with van der Waals surface area (Å²) in [6, 6.07) is 11.0. The second-order valence-corrected chi connectivity index (χ2v) is 6.55. The zero-order valence-electron chi connectivity index (χ0n) is 12.8. The Morgan fingerprint density at radius 1 is 0.957 bits per heavy atom. The fourth-order valence-electron chi connectivity index (χ4n) is 2.64. The quantitative estimate of drug-likeness (QED) is 0.885. The van der Waals surface area contributed by atoms with Crippen LogP contribution in [0.4, 0.5) is 11.5 Å². The van der Waals surface area contributed by atoms with E-state index in [1.807, 2.05) is 30.3 Å². The molecule has 1 aromatic carbocycles. The highest BCUT2D eigenvalue weighted by Gasteiger charge is 2.13. The van der Waals surface area contributed by atoms with Crippen LogP contribution in [-0.2, 0) is 0 Å². The molecule has 0 unspecified atom stereocenters. The van der Waals surface area contributed by atoms with Crippen molar-refractivity contribution in [3.63, 3.8) is 0 Å². The highest BCUT2D eigenvalue weighted by molar-refractivity contribution is 9.10. The van der Waals surface area contributed by atoms with E-state index in [2.05, 4.69) is 36.3 Å². The molecule has 3 rings (SSSR count). The Hall–Kier alpha value is -1.95. The zero-order valence-corrected chi connectivity index (χ0v) is 14.4. The summed E-state index contributed by atoms with van der Waals surface area (Å²) in [5, 5.41) is 11.1. The van der Waals surface area contributed by atoms with Gasteiger partial charge in [0, 0.05) is 23.2 Å². The summed E-state index contributed by atoms with van der Waals surface area (Å²) in [6.07, 6.45) is 4.93. The number of anilines is 2. The van der Waals surface area contributed by atoms with Crippen molar-refractivity contribution in [3.05, 3.63) is 46.6 Å². The van der Waals surface area contributed by atoms with Gasteiger partial charge in [0.1, 0.15) is 0 Å². The van der Waals surface area contributed by atoms with Crippen LogP contribution in [0.5, 0.6) is 0 Å². The van der Waals surface area contributed by atoms with E-state index >= 15 is 0 Å². The van der Waals surface area contributed by atoms with E-state index in [-0.39, 0.29) is 5.91 Å². The molecule has 1 amide bonds. The Kier molecular flexibility index (Phi) is 5.23. The van der Waals surface area contributed by atoms with Crippen LogP contribution in [0.3, 0.4) is 0 Å². The van der Waals surface area contributed by atoms with Crippen molar-refractivity contribution in [1.82, 2.24) is 10.2 Å². The SMILES string of the molecule is O=C(Nc1ccc(Br)cc1)c1ccc(N2CCCCCC2)nn1. The molecule has 1 aliphatic rings. The predicted molar refractivity (Wildman–Crippen MR) is 94.8 cm³/mol. The molecule has 1 N–H and O–H groups in total. The number of benzene rings is 1. The van der Waals surface area contributed by atoms with Crippen molar-refractivity contribution in [3.8, 4) is 0 Å². The molecule has 1 fully saturated rings. The molecule has 0 atom stereocenters. The first kappa shape index (κ1) is 15.9. The Bertz CT molecular complexity index is 649. The van der Waals surface area contributed by atoms with Gasteiger partial charge in [0.15, 0.2) is 11.5 Å². The topological polar surface area (TPSA) is 58.1 Å². The lowest BCUT2D eigenvalue weighted by Gasteiger charge is -2.20. The minimum absolute atomic E-state index is 0.248. The predicted octanol–water partition coefficient (Wildman–Crippen LogP) is 3.87. The number of nitrogens with zero attached hydrogens (tertiary/aromatic N) is 3. The van der Waals surface area contributed by atoms with Crippen LogP contribution in [-0.4, -0.2) is 29.2 Å². The van der Waals surface area contributed by atoms with Gasteiger partial charge in [-0.2, -0.15) is 0 Å². The molecule has 1 aromatic heterocycles. The number of aromatic nitrogens is 2. The van der Waals surface area contributed by atoms with Crippen molar-refractivity contribution >= 4 is 33.3 Å². The molecular weight excluding hydrogens is 356 g/mol. The normalized spacial score (nSPS) is 15.1. The summed E-state index contributed by atoms with van der Waals surface area (Å²) in [5.41, 5.74) is 1.06. The molecule has 120 valence electrons. The van der Waals surface area contributed by atoms with E-state index in [1.54, 1.807) is 6.07 Å². The van der Waals surface area contributed by atoms with Gasteiger partial charge in [-0.1, -0.05) is 28.8 Å². The van der Waals surface area contributed by atoms with E-state index in [1.165, 1.54) is 25.7 Å². The van der Waals surface area contributed by atoms with E-state index in [0.717, 1.165) is 29.1 Å². The molecule has 2 aromatic rings. The number of halogens is 1. The summed E-state index contributed by atoms with van der Waals surface area (Å²) < 4.78 is 0.970. The maximum atomic E-state index is 12.2. The summed E-state index contributed by atoms with van der Waals surface area (Å²) >= 11 is 3.37. The van der Waals surface area contributed by atoms with Crippen molar-refractivity contribution in [2.45, 2.75) is 25.7 Å². The minimum atomic E-state index is -0.248. The average molecular weight is 375 g/mol. The molecule has 0 aliphatic carbocycles. The van der Waals surface area contributed by atoms with Crippen LogP contribution in [0.25, 0.3) is 0 Å². The van der Waals surface area contributed by atoms with Gasteiger partial charge in [-0.25, -0.2) is 0 Å². The van der Waals surface area contributed by atoms with Crippen LogP contribution < -0.4 is 10.2 Å². The van der Waals surface area contributed by atoms with E-state index in [0.29, 0.717) is 5.69 Å². The standard InChI is InChI=1S/C17H19BrN4O/c18-13-5-7-14(8-6-13)19-17(23)15-9-10-16(21-20-15)22-11-3-1-2-4-12-22/h5-10H,1-4,11-12H2,(H,19,23). The summed E-state index contributed by atoms with van der Waals surface area (Å²) in [6.45, 7) is 2.03. The monoisotopic (exact) mass is 374 g/mol. The number of nitrogens with one attached hydrogen (secondary N) is 1. The number of rotatable bonds is 3. The summed E-state index contributed by atoms with van der Waals surface area (Å²) in [5.74, 6) is 0.606. The Labute approximate surface area is 144 Å². The van der Waals surface area contributed by atoms with Crippen molar-refractivity contribution in [2.24, 2.45) is 0 Å². The van der Waals surface area contributed by atoms with Crippen LogP contribution in [0.1, 0.15) is 36.2 Å². The second kappa shape index (κ2) is 7.55. The molecular formula is C17H19BrN4O. The lowest BCUT2D eigenvalue weighted by atomic mass is 10.2. The molecule has 0 saturated carbocycles. The molecule has 6 heteroatoms. The first-order chi connectivity index (χ1) is 11.2. The van der Waals surface area contributed by atoms with E-state index in [4.69, 9.17) is 0 Å². The van der Waals surface area contributed by atoms with Gasteiger partial charge in [0.25, 0.3) is 5.91 Å². The number of amides is 1. The van der Waals surface area contributed by atoms with E-state index in [9.17, 15) is 4.79 Å². The lowest BCUT2D eigenvalue weighted by Crippen LogP contribution is -2.25. The summed E-state index contributed by atoms with van der Waals surface area (Å²) in [4.78, 5) is 14.4. The lowest BCUT2D eigenvalue weighted by molar-refractivity contribution is 0.102. The second-order valence-electron chi connectivity index (χ2n) is 5.64. The van der Waals surface area contributed by atoms with Crippen molar-refractivity contribution in [1.29, 1.82) is 0 Å². The Morgan fingerprint density at radius 3 is 2.26 bits per heavy atom. The van der Waals surface area contributed by atoms with Crippen LogP contribution in [0.2, 0.25) is 0 Å². The molecule has 0 radical (unpaired) electrons. The highest BCUT2D eigenvalue weighted by Crippen LogP contribution is 2.17. The van der Waals surface area contributed by atoms with Gasteiger partial charge in [0.05, 0.1) is 0 Å². The van der Waals surface area contributed by atoms with Crippen LogP contribution in [0.15, 0.2) is 40.9 Å². The van der Waals surface area contributed by atoms with Crippen LogP contribution >= 0.6 is 15.9 Å². The molecule has 23 heavy (non-hydrogen) atoms. The van der Waals surface area contributed by atoms with Crippen LogP contribution in [0, 0.1) is 0 Å². The van der Waals surface area contributed by atoms with Gasteiger partial charge in [-0.05, 0) is 49.2 Å². The maximum Gasteiger partial charge on any atom is 0.276 e. The average Bonchev–Trinajstić information content (AvgIpc) is 2.86. The van der Waals surface area contributed by atoms with E-state index < -0.39 is 0 Å². The maximum absolute atomic E-state index is 12.2. The largest absolute Gasteiger partial charge is 0.355 e. The molecule has 1 saturated heterocycles. The number of carbonyl (C=O) groups is 1. The molecule has 0 spiro atoms. The molecule has 2 heterocycles. The first-order valence-corrected chi connectivity index (χ1v) is 8.67. The van der Waals surface area contributed by atoms with Crippen molar-refractivity contribution in [2.75, 3.05) is 23.3 Å². The Balaban J connectivity index is 1.66.